The van der Waals surface area contributed by atoms with Crippen LogP contribution in [-0.2, 0) is 4.79 Å². The second-order valence-corrected chi connectivity index (χ2v) is 7.64. The van der Waals surface area contributed by atoms with Crippen molar-refractivity contribution in [3.05, 3.63) is 51.6 Å². The average Bonchev–Trinajstić information content (AvgIpc) is 3.17. The van der Waals surface area contributed by atoms with Crippen LogP contribution in [0.4, 0.5) is 0 Å². The van der Waals surface area contributed by atoms with E-state index in [1.165, 1.54) is 0 Å². The molecule has 0 N–H and O–H groups in total. The van der Waals surface area contributed by atoms with Crippen LogP contribution in [0, 0.1) is 3.57 Å². The average molecular weight is 465 g/mol. The summed E-state index contributed by atoms with van der Waals surface area (Å²) in [5, 5.41) is 0. The van der Waals surface area contributed by atoms with E-state index in [0.717, 1.165) is 40.0 Å². The van der Waals surface area contributed by atoms with Crippen molar-refractivity contribution >= 4 is 28.5 Å². The molecule has 1 unspecified atom stereocenters. The van der Waals surface area contributed by atoms with Gasteiger partial charge in [-0.3, -0.25) is 4.79 Å². The van der Waals surface area contributed by atoms with E-state index in [2.05, 4.69) is 22.6 Å². The zero-order chi connectivity index (χ0) is 17.9. The SMILES string of the molecule is O=C(COc1ccc(I)cc1)N1CCCC1c1ccc2c(c1)OCCO2. The summed E-state index contributed by atoms with van der Waals surface area (Å²) in [7, 11) is 0. The third kappa shape index (κ3) is 3.75. The van der Waals surface area contributed by atoms with Crippen molar-refractivity contribution in [3.8, 4) is 17.2 Å². The van der Waals surface area contributed by atoms with Crippen LogP contribution in [0.1, 0.15) is 24.4 Å². The molecule has 5 nitrogen and oxygen atoms in total. The van der Waals surface area contributed by atoms with Crippen molar-refractivity contribution < 1.29 is 19.0 Å². The number of ether oxygens (including phenoxy) is 3. The van der Waals surface area contributed by atoms with Crippen molar-refractivity contribution in [2.24, 2.45) is 0 Å². The Bertz CT molecular complexity index is 793. The van der Waals surface area contributed by atoms with Gasteiger partial charge in [-0.05, 0) is 77.4 Å². The predicted molar refractivity (Wildman–Crippen MR) is 106 cm³/mol. The third-order valence-electron chi connectivity index (χ3n) is 4.70. The fourth-order valence-corrected chi connectivity index (χ4v) is 3.80. The number of hydrogen-bond donors (Lipinski definition) is 0. The second-order valence-electron chi connectivity index (χ2n) is 6.39. The fourth-order valence-electron chi connectivity index (χ4n) is 3.44. The molecule has 0 bridgehead atoms. The molecule has 1 amide bonds. The molecule has 26 heavy (non-hydrogen) atoms. The van der Waals surface area contributed by atoms with Gasteiger partial charge in [-0.25, -0.2) is 0 Å². The molecule has 1 saturated heterocycles. The number of fused-ring (bicyclic) bond motifs is 1. The Balaban J connectivity index is 1.44. The largest absolute Gasteiger partial charge is 0.486 e. The van der Waals surface area contributed by atoms with Gasteiger partial charge in [-0.15, -0.1) is 0 Å². The van der Waals surface area contributed by atoms with Gasteiger partial charge >= 0.3 is 0 Å². The first kappa shape index (κ1) is 17.5. The Morgan fingerprint density at radius 2 is 1.88 bits per heavy atom. The number of carbonyl (C=O) groups excluding carboxylic acids is 1. The van der Waals surface area contributed by atoms with Crippen LogP contribution in [0.3, 0.4) is 0 Å². The second kappa shape index (κ2) is 7.73. The van der Waals surface area contributed by atoms with Gasteiger partial charge in [0.2, 0.25) is 0 Å². The molecule has 0 aliphatic carbocycles. The first-order valence-corrected chi connectivity index (χ1v) is 9.86. The summed E-state index contributed by atoms with van der Waals surface area (Å²) < 4.78 is 18.1. The van der Waals surface area contributed by atoms with E-state index in [4.69, 9.17) is 14.2 Å². The standard InChI is InChI=1S/C20H20INO4/c21-15-4-6-16(7-5-15)26-13-20(23)22-9-1-2-17(22)14-3-8-18-19(12-14)25-11-10-24-18/h3-8,12,17H,1-2,9-11,13H2. The highest BCUT2D eigenvalue weighted by Gasteiger charge is 2.31. The van der Waals surface area contributed by atoms with Crippen LogP contribution in [0.25, 0.3) is 0 Å². The molecule has 2 aliphatic rings. The van der Waals surface area contributed by atoms with Crippen molar-refractivity contribution in [2.45, 2.75) is 18.9 Å². The van der Waals surface area contributed by atoms with Crippen LogP contribution in [0.15, 0.2) is 42.5 Å². The molecule has 1 fully saturated rings. The lowest BCUT2D eigenvalue weighted by atomic mass is 10.0. The topological polar surface area (TPSA) is 48.0 Å². The minimum absolute atomic E-state index is 0.0148. The predicted octanol–water partition coefficient (Wildman–Crippen LogP) is 3.80. The van der Waals surface area contributed by atoms with E-state index in [0.29, 0.717) is 19.0 Å². The van der Waals surface area contributed by atoms with E-state index < -0.39 is 0 Å². The first-order chi connectivity index (χ1) is 12.7. The number of benzene rings is 2. The molecule has 2 heterocycles. The van der Waals surface area contributed by atoms with Crippen LogP contribution in [0.2, 0.25) is 0 Å². The number of carbonyl (C=O) groups is 1. The number of amides is 1. The summed E-state index contributed by atoms with van der Waals surface area (Å²) in [5.41, 5.74) is 1.09. The van der Waals surface area contributed by atoms with Crippen LogP contribution in [-0.4, -0.2) is 37.2 Å². The number of nitrogens with zero attached hydrogens (tertiary/aromatic N) is 1. The monoisotopic (exact) mass is 465 g/mol. The lowest BCUT2D eigenvalue weighted by Gasteiger charge is -2.26. The highest BCUT2D eigenvalue weighted by atomic mass is 127. The fraction of sp³-hybridized carbons (Fsp3) is 0.350. The number of likely N-dealkylation sites (tertiary alicyclic amines) is 1. The molecule has 4 rings (SSSR count). The minimum Gasteiger partial charge on any atom is -0.486 e. The summed E-state index contributed by atoms with van der Waals surface area (Å²) in [5.74, 6) is 2.27. The summed E-state index contributed by atoms with van der Waals surface area (Å²) >= 11 is 2.24. The van der Waals surface area contributed by atoms with Crippen molar-refractivity contribution in [1.29, 1.82) is 0 Å². The van der Waals surface area contributed by atoms with E-state index in [1.54, 1.807) is 0 Å². The minimum atomic E-state index is 0.0148. The molecular formula is C20H20INO4. The Morgan fingerprint density at radius 3 is 2.69 bits per heavy atom. The van der Waals surface area contributed by atoms with Crippen LogP contribution >= 0.6 is 22.6 Å². The quantitative estimate of drug-likeness (QED) is 0.645. The van der Waals surface area contributed by atoms with Gasteiger partial charge in [0.25, 0.3) is 5.91 Å². The molecule has 2 aromatic carbocycles. The normalized spacial score (nSPS) is 18.7. The highest BCUT2D eigenvalue weighted by Crippen LogP contribution is 2.38. The Morgan fingerprint density at radius 1 is 1.12 bits per heavy atom. The first-order valence-electron chi connectivity index (χ1n) is 8.78. The molecule has 0 radical (unpaired) electrons. The summed E-state index contributed by atoms with van der Waals surface area (Å²) in [6.07, 6.45) is 1.95. The maximum atomic E-state index is 12.7. The molecule has 1 atom stereocenters. The van der Waals surface area contributed by atoms with Crippen molar-refractivity contribution in [3.63, 3.8) is 0 Å². The zero-order valence-corrected chi connectivity index (χ0v) is 16.5. The van der Waals surface area contributed by atoms with Gasteiger partial charge in [-0.1, -0.05) is 6.07 Å². The van der Waals surface area contributed by atoms with Gasteiger partial charge in [-0.2, -0.15) is 0 Å². The molecule has 0 spiro atoms. The van der Waals surface area contributed by atoms with Crippen LogP contribution < -0.4 is 14.2 Å². The molecule has 6 heteroatoms. The van der Waals surface area contributed by atoms with Crippen LogP contribution in [0.5, 0.6) is 17.2 Å². The summed E-state index contributed by atoms with van der Waals surface area (Å²) in [4.78, 5) is 14.6. The Kier molecular flexibility index (Phi) is 5.19. The van der Waals surface area contributed by atoms with Gasteiger partial charge < -0.3 is 19.1 Å². The summed E-state index contributed by atoms with van der Waals surface area (Å²) in [6, 6.07) is 13.7. The number of halogens is 1. The molecule has 0 saturated carbocycles. The van der Waals surface area contributed by atoms with Crippen molar-refractivity contribution in [1.82, 2.24) is 4.90 Å². The Labute approximate surface area is 166 Å². The number of rotatable bonds is 4. The van der Waals surface area contributed by atoms with Crippen molar-refractivity contribution in [2.75, 3.05) is 26.4 Å². The number of hydrogen-bond acceptors (Lipinski definition) is 4. The smallest absolute Gasteiger partial charge is 0.261 e. The molecular weight excluding hydrogens is 445 g/mol. The van der Waals surface area contributed by atoms with E-state index in [9.17, 15) is 4.79 Å². The van der Waals surface area contributed by atoms with E-state index >= 15 is 0 Å². The zero-order valence-electron chi connectivity index (χ0n) is 14.3. The highest BCUT2D eigenvalue weighted by molar-refractivity contribution is 14.1. The third-order valence-corrected chi connectivity index (χ3v) is 5.42. The lowest BCUT2D eigenvalue weighted by Crippen LogP contribution is -2.34. The van der Waals surface area contributed by atoms with Gasteiger partial charge in [0.15, 0.2) is 18.1 Å². The Hall–Kier alpha value is -1.96. The summed E-state index contributed by atoms with van der Waals surface area (Å²) in [6.45, 7) is 1.96. The van der Waals surface area contributed by atoms with E-state index in [1.807, 2.05) is 47.4 Å². The molecule has 0 aromatic heterocycles. The molecule has 2 aliphatic heterocycles. The maximum absolute atomic E-state index is 12.7. The molecule has 2 aromatic rings. The maximum Gasteiger partial charge on any atom is 0.261 e. The van der Waals surface area contributed by atoms with Gasteiger partial charge in [0.05, 0.1) is 6.04 Å². The molecule has 136 valence electrons. The van der Waals surface area contributed by atoms with Gasteiger partial charge in [0, 0.05) is 10.1 Å². The van der Waals surface area contributed by atoms with Gasteiger partial charge in [0.1, 0.15) is 19.0 Å². The lowest BCUT2D eigenvalue weighted by molar-refractivity contribution is -0.134. The van der Waals surface area contributed by atoms with E-state index in [-0.39, 0.29) is 18.6 Å².